The average Bonchev–Trinajstić information content (AvgIpc) is 2.39. The predicted molar refractivity (Wildman–Crippen MR) is 65.5 cm³/mol. The minimum atomic E-state index is -0.485. The van der Waals surface area contributed by atoms with Crippen molar-refractivity contribution < 1.29 is 14.3 Å². The quantitative estimate of drug-likeness (QED) is 0.815. The highest BCUT2D eigenvalue weighted by Gasteiger charge is 2.27. The van der Waals surface area contributed by atoms with Crippen LogP contribution in [0.25, 0.3) is 0 Å². The lowest BCUT2D eigenvalue weighted by Crippen LogP contribution is -2.43. The van der Waals surface area contributed by atoms with Crippen molar-refractivity contribution in [1.29, 1.82) is 0 Å². The Morgan fingerprint density at radius 3 is 2.89 bits per heavy atom. The Labute approximate surface area is 106 Å². The van der Waals surface area contributed by atoms with Crippen molar-refractivity contribution in [1.82, 2.24) is 9.97 Å². The van der Waals surface area contributed by atoms with E-state index in [1.807, 2.05) is 0 Å². The maximum Gasteiger partial charge on any atom is 0.358 e. The molecule has 0 saturated carbocycles. The average molecular weight is 251 g/mol. The first-order chi connectivity index (χ1) is 8.63. The van der Waals surface area contributed by atoms with E-state index in [1.54, 1.807) is 0 Å². The number of nitrogens with one attached hydrogen (secondary N) is 1. The van der Waals surface area contributed by atoms with E-state index in [0.29, 0.717) is 12.4 Å². The second-order valence-electron chi connectivity index (χ2n) is 4.62. The number of rotatable bonds is 3. The van der Waals surface area contributed by atoms with Gasteiger partial charge in [0, 0.05) is 6.61 Å². The molecule has 0 radical (unpaired) electrons. The number of hydrogen-bond donors (Lipinski definition) is 1. The van der Waals surface area contributed by atoms with Gasteiger partial charge in [0.2, 0.25) is 0 Å². The highest BCUT2D eigenvalue weighted by atomic mass is 16.5. The van der Waals surface area contributed by atoms with Gasteiger partial charge in [-0.3, -0.25) is 0 Å². The molecule has 1 aromatic rings. The molecule has 1 aliphatic rings. The molecule has 1 atom stereocenters. The zero-order valence-electron chi connectivity index (χ0n) is 10.6. The van der Waals surface area contributed by atoms with Gasteiger partial charge in [-0.1, -0.05) is 0 Å². The topological polar surface area (TPSA) is 73.3 Å². The summed E-state index contributed by atoms with van der Waals surface area (Å²) in [6.07, 6.45) is 4.98. The van der Waals surface area contributed by atoms with Crippen LogP contribution in [0.2, 0.25) is 0 Å². The van der Waals surface area contributed by atoms with Crippen molar-refractivity contribution in [3.63, 3.8) is 0 Å². The van der Waals surface area contributed by atoms with Crippen LogP contribution in [0.5, 0.6) is 0 Å². The Kier molecular flexibility index (Phi) is 3.76. The first-order valence-electron chi connectivity index (χ1n) is 5.89. The van der Waals surface area contributed by atoms with Crippen LogP contribution in [0.3, 0.4) is 0 Å². The van der Waals surface area contributed by atoms with Crippen molar-refractivity contribution >= 4 is 11.8 Å². The summed E-state index contributed by atoms with van der Waals surface area (Å²) in [5.74, 6) is 0.150. The molecule has 1 unspecified atom stereocenters. The molecule has 18 heavy (non-hydrogen) atoms. The number of anilines is 1. The molecule has 0 aliphatic carbocycles. The summed E-state index contributed by atoms with van der Waals surface area (Å²) in [5, 5.41) is 3.29. The summed E-state index contributed by atoms with van der Waals surface area (Å²) in [6, 6.07) is 0. The monoisotopic (exact) mass is 251 g/mol. The summed E-state index contributed by atoms with van der Waals surface area (Å²) in [6.45, 7) is 3.54. The number of ether oxygens (including phenoxy) is 2. The lowest BCUT2D eigenvalue weighted by Gasteiger charge is -2.34. The Morgan fingerprint density at radius 1 is 1.50 bits per heavy atom. The molecule has 2 heterocycles. The van der Waals surface area contributed by atoms with Gasteiger partial charge in [0.05, 0.1) is 31.6 Å². The first kappa shape index (κ1) is 12.8. The van der Waals surface area contributed by atoms with Crippen molar-refractivity contribution in [2.75, 3.05) is 25.6 Å². The third kappa shape index (κ3) is 2.95. The van der Waals surface area contributed by atoms with Crippen LogP contribution in [0.1, 0.15) is 30.3 Å². The number of methoxy groups -OCH3 is 1. The van der Waals surface area contributed by atoms with Crippen LogP contribution in [0.4, 0.5) is 5.82 Å². The minimum Gasteiger partial charge on any atom is -0.464 e. The van der Waals surface area contributed by atoms with Crippen molar-refractivity contribution in [2.45, 2.75) is 25.3 Å². The lowest BCUT2D eigenvalue weighted by molar-refractivity contribution is 0.0538. The van der Waals surface area contributed by atoms with Crippen LogP contribution in [0.15, 0.2) is 12.4 Å². The van der Waals surface area contributed by atoms with Gasteiger partial charge in [-0.2, -0.15) is 0 Å². The highest BCUT2D eigenvalue weighted by Crippen LogP contribution is 2.22. The fourth-order valence-corrected chi connectivity index (χ4v) is 1.94. The molecule has 1 aromatic heterocycles. The van der Waals surface area contributed by atoms with E-state index < -0.39 is 5.97 Å². The smallest absolute Gasteiger partial charge is 0.358 e. The van der Waals surface area contributed by atoms with Crippen molar-refractivity contribution in [3.05, 3.63) is 18.1 Å². The summed E-state index contributed by atoms with van der Waals surface area (Å²) in [7, 11) is 1.32. The molecule has 98 valence electrons. The summed E-state index contributed by atoms with van der Waals surface area (Å²) in [4.78, 5) is 19.4. The third-order valence-electron chi connectivity index (χ3n) is 2.91. The van der Waals surface area contributed by atoms with Crippen molar-refractivity contribution in [3.8, 4) is 0 Å². The normalized spacial score (nSPS) is 23.4. The number of nitrogens with zero attached hydrogens (tertiary/aromatic N) is 2. The molecular formula is C12H17N3O3. The molecule has 0 bridgehead atoms. The van der Waals surface area contributed by atoms with Gasteiger partial charge in [-0.05, 0) is 19.8 Å². The minimum absolute atomic E-state index is 0.125. The largest absolute Gasteiger partial charge is 0.464 e. The molecule has 0 spiro atoms. The van der Waals surface area contributed by atoms with Gasteiger partial charge in [0.1, 0.15) is 5.82 Å². The van der Waals surface area contributed by atoms with E-state index in [2.05, 4.69) is 26.9 Å². The van der Waals surface area contributed by atoms with Crippen LogP contribution in [0, 0.1) is 0 Å². The summed E-state index contributed by atoms with van der Waals surface area (Å²) in [5.41, 5.74) is 0.0767. The van der Waals surface area contributed by atoms with E-state index in [1.165, 1.54) is 19.5 Å². The van der Waals surface area contributed by atoms with Gasteiger partial charge in [-0.25, -0.2) is 14.8 Å². The number of esters is 1. The fraction of sp³-hybridized carbons (Fsp3) is 0.583. The van der Waals surface area contributed by atoms with Crippen LogP contribution < -0.4 is 5.32 Å². The van der Waals surface area contributed by atoms with E-state index in [4.69, 9.17) is 4.74 Å². The lowest BCUT2D eigenvalue weighted by atomic mass is 9.95. The Hall–Kier alpha value is -1.69. The maximum atomic E-state index is 11.2. The Bertz CT molecular complexity index is 413. The third-order valence-corrected chi connectivity index (χ3v) is 2.91. The van der Waals surface area contributed by atoms with Crippen LogP contribution >= 0.6 is 0 Å². The molecule has 1 fully saturated rings. The fourth-order valence-electron chi connectivity index (χ4n) is 1.94. The number of aromatic nitrogens is 2. The molecular weight excluding hydrogens is 234 g/mol. The molecule has 6 nitrogen and oxygen atoms in total. The molecule has 6 heteroatoms. The molecule has 1 aliphatic heterocycles. The maximum absolute atomic E-state index is 11.2. The molecule has 0 amide bonds. The van der Waals surface area contributed by atoms with Gasteiger partial charge in [0.15, 0.2) is 5.69 Å². The number of hydrogen-bond acceptors (Lipinski definition) is 6. The Morgan fingerprint density at radius 2 is 2.33 bits per heavy atom. The SMILES string of the molecule is COC(=O)c1cnc(NC2(C)CCCOC2)cn1. The zero-order valence-corrected chi connectivity index (χ0v) is 10.6. The van der Waals surface area contributed by atoms with Crippen molar-refractivity contribution in [2.24, 2.45) is 0 Å². The second kappa shape index (κ2) is 5.30. The van der Waals surface area contributed by atoms with E-state index >= 15 is 0 Å². The summed E-state index contributed by atoms with van der Waals surface area (Å²) < 4.78 is 10.0. The number of carbonyl (C=O) groups excluding carboxylic acids is 1. The zero-order chi connectivity index (χ0) is 13.0. The van der Waals surface area contributed by atoms with Gasteiger partial charge < -0.3 is 14.8 Å². The highest BCUT2D eigenvalue weighted by molar-refractivity contribution is 5.86. The van der Waals surface area contributed by atoms with Gasteiger partial charge in [0.25, 0.3) is 0 Å². The van der Waals surface area contributed by atoms with Crippen LogP contribution in [-0.2, 0) is 9.47 Å². The summed E-state index contributed by atoms with van der Waals surface area (Å²) >= 11 is 0. The van der Waals surface area contributed by atoms with E-state index in [9.17, 15) is 4.79 Å². The standard InChI is InChI=1S/C12H17N3O3/c1-12(4-3-5-18-8-12)15-10-7-13-9(6-14-10)11(16)17-2/h6-7H,3-5,8H2,1-2H3,(H,14,15). The van der Waals surface area contributed by atoms with Gasteiger partial charge >= 0.3 is 5.97 Å². The number of carbonyl (C=O) groups is 1. The second-order valence-corrected chi connectivity index (χ2v) is 4.62. The Balaban J connectivity index is 2.03. The first-order valence-corrected chi connectivity index (χ1v) is 5.89. The van der Waals surface area contributed by atoms with Gasteiger partial charge in [-0.15, -0.1) is 0 Å². The molecule has 1 saturated heterocycles. The molecule has 0 aromatic carbocycles. The van der Waals surface area contributed by atoms with Crippen LogP contribution in [-0.4, -0.2) is 41.8 Å². The van der Waals surface area contributed by atoms with E-state index in [-0.39, 0.29) is 11.2 Å². The predicted octanol–water partition coefficient (Wildman–Crippen LogP) is 1.24. The molecule has 1 N–H and O–H groups in total. The van der Waals surface area contributed by atoms with E-state index in [0.717, 1.165) is 19.4 Å². The molecule has 2 rings (SSSR count).